The normalized spacial score (nSPS) is 15.6. The van der Waals surface area contributed by atoms with Crippen molar-refractivity contribution in [2.45, 2.75) is 18.9 Å². The maximum atomic E-state index is 14.6. The largest absolute Gasteiger partial charge is 0.494 e. The van der Waals surface area contributed by atoms with Crippen molar-refractivity contribution in [3.8, 4) is 11.4 Å². The summed E-state index contributed by atoms with van der Waals surface area (Å²) in [5.74, 6) is -0.301. The van der Waals surface area contributed by atoms with Crippen molar-refractivity contribution in [3.05, 3.63) is 83.7 Å². The highest BCUT2D eigenvalue weighted by Gasteiger charge is 2.22. The van der Waals surface area contributed by atoms with Crippen molar-refractivity contribution in [1.82, 2.24) is 14.9 Å². The Morgan fingerprint density at radius 1 is 1.36 bits per heavy atom. The second kappa shape index (κ2) is 7.68. The van der Waals surface area contributed by atoms with E-state index in [0.717, 1.165) is 12.8 Å². The lowest BCUT2D eigenvalue weighted by atomic mass is 10.1. The lowest BCUT2D eigenvalue weighted by molar-refractivity contribution is -0.117. The first-order chi connectivity index (χ1) is 13.7. The van der Waals surface area contributed by atoms with Gasteiger partial charge in [0.15, 0.2) is 5.82 Å². The van der Waals surface area contributed by atoms with E-state index in [1.807, 2.05) is 18.2 Å². The molecule has 0 bridgehead atoms. The molecule has 0 radical (unpaired) electrons. The molecule has 0 aliphatic heterocycles. The molecule has 1 unspecified atom stereocenters. The Bertz CT molecular complexity index is 1030. The van der Waals surface area contributed by atoms with Crippen LogP contribution in [0.15, 0.2) is 61.2 Å². The number of amides is 1. The van der Waals surface area contributed by atoms with Gasteiger partial charge in [0.2, 0.25) is 5.91 Å². The number of fused-ring (bicyclic) bond motifs is 1. The maximum Gasteiger partial charge on any atom is 0.244 e. The summed E-state index contributed by atoms with van der Waals surface area (Å²) >= 11 is 0. The predicted molar refractivity (Wildman–Crippen MR) is 105 cm³/mol. The quantitative estimate of drug-likeness (QED) is 0.688. The van der Waals surface area contributed by atoms with Crippen LogP contribution in [0.25, 0.3) is 11.8 Å². The van der Waals surface area contributed by atoms with Gasteiger partial charge in [0.25, 0.3) is 0 Å². The van der Waals surface area contributed by atoms with Crippen LogP contribution in [0, 0.1) is 5.82 Å². The van der Waals surface area contributed by atoms with Gasteiger partial charge in [-0.2, -0.15) is 0 Å². The number of halogens is 1. The molecule has 0 fully saturated rings. The van der Waals surface area contributed by atoms with E-state index >= 15 is 0 Å². The zero-order valence-electron chi connectivity index (χ0n) is 15.4. The fourth-order valence-corrected chi connectivity index (χ4v) is 3.59. The highest BCUT2D eigenvalue weighted by molar-refractivity contribution is 5.92. The molecule has 3 aromatic rings. The van der Waals surface area contributed by atoms with Crippen molar-refractivity contribution < 1.29 is 13.9 Å². The maximum absolute atomic E-state index is 14.6. The Labute approximate surface area is 162 Å². The van der Waals surface area contributed by atoms with E-state index in [9.17, 15) is 9.18 Å². The first-order valence-corrected chi connectivity index (χ1v) is 9.08. The number of ether oxygens (including phenoxy) is 1. The third-order valence-corrected chi connectivity index (χ3v) is 4.91. The van der Waals surface area contributed by atoms with E-state index in [4.69, 9.17) is 4.74 Å². The van der Waals surface area contributed by atoms with Crippen molar-refractivity contribution >= 4 is 12.0 Å². The molecule has 142 valence electrons. The summed E-state index contributed by atoms with van der Waals surface area (Å²) in [7, 11) is 1.48. The molecule has 1 N–H and O–H groups in total. The number of rotatable bonds is 5. The van der Waals surface area contributed by atoms with Gasteiger partial charge in [-0.15, -0.1) is 0 Å². The Morgan fingerprint density at radius 2 is 2.21 bits per heavy atom. The number of benzene rings is 2. The molecule has 4 rings (SSSR count). The van der Waals surface area contributed by atoms with E-state index in [0.29, 0.717) is 11.3 Å². The lowest BCUT2D eigenvalue weighted by Crippen LogP contribution is -2.25. The zero-order valence-corrected chi connectivity index (χ0v) is 15.4. The molecule has 5 nitrogen and oxygen atoms in total. The Kier molecular flexibility index (Phi) is 4.93. The fourth-order valence-electron chi connectivity index (χ4n) is 3.59. The van der Waals surface area contributed by atoms with E-state index in [1.165, 1.54) is 36.7 Å². The number of hydrogen-bond donors (Lipinski definition) is 1. The average Bonchev–Trinajstić information content (AvgIpc) is 3.36. The average molecular weight is 377 g/mol. The molecule has 6 heteroatoms. The second-order valence-corrected chi connectivity index (χ2v) is 6.66. The highest BCUT2D eigenvalue weighted by atomic mass is 19.1. The number of imidazole rings is 1. The third kappa shape index (κ3) is 3.53. The number of nitrogens with one attached hydrogen (secondary N) is 1. The van der Waals surface area contributed by atoms with Gasteiger partial charge in [0.1, 0.15) is 11.4 Å². The van der Waals surface area contributed by atoms with E-state index < -0.39 is 5.82 Å². The first-order valence-electron chi connectivity index (χ1n) is 9.08. The smallest absolute Gasteiger partial charge is 0.244 e. The van der Waals surface area contributed by atoms with Crippen LogP contribution in [-0.2, 0) is 11.2 Å². The van der Waals surface area contributed by atoms with Crippen LogP contribution in [0.2, 0.25) is 0 Å². The molecule has 1 aliphatic rings. The summed E-state index contributed by atoms with van der Waals surface area (Å²) < 4.78 is 21.5. The molecule has 1 atom stereocenters. The van der Waals surface area contributed by atoms with Crippen molar-refractivity contribution in [3.63, 3.8) is 0 Å². The summed E-state index contributed by atoms with van der Waals surface area (Å²) in [6.45, 7) is 0. The molecule has 1 amide bonds. The summed E-state index contributed by atoms with van der Waals surface area (Å²) in [6, 6.07) is 11.2. The number of aryl methyl sites for hydroxylation is 1. The van der Waals surface area contributed by atoms with Crippen molar-refractivity contribution in [2.75, 3.05) is 7.11 Å². The zero-order chi connectivity index (χ0) is 19.5. The predicted octanol–water partition coefficient (Wildman–Crippen LogP) is 3.84. The van der Waals surface area contributed by atoms with E-state index in [2.05, 4.69) is 16.4 Å². The number of carbonyl (C=O) groups is 1. The standard InChI is InChI=1S/C22H20FN3O2/c1-28-20-13-15(12-18(23)22(20)26-11-10-24-14-26)6-9-21(27)25-19-8-7-16-4-2-3-5-17(16)19/h2-6,9-14,19H,7-8H2,1H3,(H,25,27)/b9-6+. The SMILES string of the molecule is COc1cc(/C=C/C(=O)NC2CCc3ccccc32)cc(F)c1-n1ccnc1. The van der Waals surface area contributed by atoms with Gasteiger partial charge < -0.3 is 14.6 Å². The monoisotopic (exact) mass is 377 g/mol. The molecule has 1 aromatic heterocycles. The van der Waals surface area contributed by atoms with Gasteiger partial charge in [-0.25, -0.2) is 9.37 Å². The van der Waals surface area contributed by atoms with Crippen LogP contribution >= 0.6 is 0 Å². The molecular formula is C22H20FN3O2. The summed E-state index contributed by atoms with van der Waals surface area (Å²) in [6.07, 6.45) is 9.57. The number of methoxy groups -OCH3 is 1. The van der Waals surface area contributed by atoms with Gasteiger partial charge in [-0.05, 0) is 47.7 Å². The molecule has 0 spiro atoms. The Balaban J connectivity index is 1.50. The van der Waals surface area contributed by atoms with Crippen molar-refractivity contribution in [2.24, 2.45) is 0 Å². The first kappa shape index (κ1) is 18.0. The Hall–Kier alpha value is -3.41. The number of hydrogen-bond acceptors (Lipinski definition) is 3. The molecule has 0 saturated heterocycles. The van der Waals surface area contributed by atoms with Crippen LogP contribution in [0.3, 0.4) is 0 Å². The van der Waals surface area contributed by atoms with Crippen molar-refractivity contribution in [1.29, 1.82) is 0 Å². The van der Waals surface area contributed by atoms with E-state index in [-0.39, 0.29) is 17.6 Å². The minimum atomic E-state index is -0.456. The van der Waals surface area contributed by atoms with Crippen LogP contribution < -0.4 is 10.1 Å². The van der Waals surface area contributed by atoms with Gasteiger partial charge in [-0.3, -0.25) is 4.79 Å². The molecular weight excluding hydrogens is 357 g/mol. The Morgan fingerprint density at radius 3 is 3.00 bits per heavy atom. The number of nitrogens with zero attached hydrogens (tertiary/aromatic N) is 2. The number of aromatic nitrogens is 2. The van der Waals surface area contributed by atoms with Gasteiger partial charge in [0.05, 0.1) is 19.5 Å². The van der Waals surface area contributed by atoms with Gasteiger partial charge in [0, 0.05) is 18.5 Å². The topological polar surface area (TPSA) is 56.1 Å². The summed E-state index contributed by atoms with van der Waals surface area (Å²) in [5, 5.41) is 3.02. The fraction of sp³-hybridized carbons (Fsp3) is 0.182. The third-order valence-electron chi connectivity index (χ3n) is 4.91. The van der Waals surface area contributed by atoms with Crippen LogP contribution in [0.5, 0.6) is 5.75 Å². The molecule has 2 aromatic carbocycles. The minimum absolute atomic E-state index is 0.0169. The lowest BCUT2D eigenvalue weighted by Gasteiger charge is -2.13. The molecule has 28 heavy (non-hydrogen) atoms. The van der Waals surface area contributed by atoms with Gasteiger partial charge >= 0.3 is 0 Å². The molecule has 0 saturated carbocycles. The second-order valence-electron chi connectivity index (χ2n) is 6.66. The van der Waals surface area contributed by atoms with Crippen LogP contribution in [-0.4, -0.2) is 22.6 Å². The van der Waals surface area contributed by atoms with E-state index in [1.54, 1.807) is 29.1 Å². The molecule has 1 heterocycles. The summed E-state index contributed by atoms with van der Waals surface area (Å²) in [5.41, 5.74) is 3.27. The van der Waals surface area contributed by atoms with Gasteiger partial charge in [-0.1, -0.05) is 24.3 Å². The summed E-state index contributed by atoms with van der Waals surface area (Å²) in [4.78, 5) is 16.3. The van der Waals surface area contributed by atoms with Crippen LogP contribution in [0.4, 0.5) is 4.39 Å². The minimum Gasteiger partial charge on any atom is -0.494 e. The highest BCUT2D eigenvalue weighted by Crippen LogP contribution is 2.31. The van der Waals surface area contributed by atoms with Crippen LogP contribution in [0.1, 0.15) is 29.2 Å². The number of carbonyl (C=O) groups excluding carboxylic acids is 1. The molecule has 1 aliphatic carbocycles.